The van der Waals surface area contributed by atoms with E-state index < -0.39 is 11.7 Å². The lowest BCUT2D eigenvalue weighted by Gasteiger charge is -2.35. The number of hydrogen-bond donors (Lipinski definition) is 2. The summed E-state index contributed by atoms with van der Waals surface area (Å²) in [6, 6.07) is 17.6. The van der Waals surface area contributed by atoms with Crippen molar-refractivity contribution < 1.29 is 19.2 Å². The molecular weight excluding hydrogens is 370 g/mol. The Kier molecular flexibility index (Phi) is 5.69. The summed E-state index contributed by atoms with van der Waals surface area (Å²) in [7, 11) is 1.65. The van der Waals surface area contributed by atoms with E-state index >= 15 is 0 Å². The first-order valence-electron chi connectivity index (χ1n) is 9.72. The second-order valence-electron chi connectivity index (χ2n) is 7.21. The minimum absolute atomic E-state index is 0.390. The van der Waals surface area contributed by atoms with Crippen LogP contribution >= 0.6 is 0 Å². The summed E-state index contributed by atoms with van der Waals surface area (Å²) in [5, 5.41) is 4.46. The van der Waals surface area contributed by atoms with E-state index in [1.807, 2.05) is 54.6 Å². The molecule has 4 rings (SSSR count). The van der Waals surface area contributed by atoms with E-state index in [0.717, 1.165) is 35.4 Å². The van der Waals surface area contributed by atoms with Crippen LogP contribution in [-0.4, -0.2) is 37.0 Å². The highest BCUT2D eigenvalue weighted by Gasteiger charge is 2.39. The molecule has 1 saturated heterocycles. The van der Waals surface area contributed by atoms with E-state index in [1.54, 1.807) is 12.2 Å². The molecule has 0 saturated carbocycles. The Morgan fingerprint density at radius 1 is 1.17 bits per heavy atom. The summed E-state index contributed by atoms with van der Waals surface area (Å²) in [6.07, 6.45) is 3.12. The zero-order valence-electron chi connectivity index (χ0n) is 16.4. The highest BCUT2D eigenvalue weighted by atomic mass is 16.7. The summed E-state index contributed by atoms with van der Waals surface area (Å²) in [5.74, 6) is 0.802. The van der Waals surface area contributed by atoms with Gasteiger partial charge in [0.25, 0.3) is 0 Å². The van der Waals surface area contributed by atoms with Crippen LogP contribution in [0.4, 0.5) is 4.79 Å². The highest BCUT2D eigenvalue weighted by molar-refractivity contribution is 5.67. The van der Waals surface area contributed by atoms with Gasteiger partial charge < -0.3 is 14.9 Å². The normalized spacial score (nSPS) is 18.0. The molecule has 152 valence electrons. The molecule has 1 amide bonds. The molecule has 2 aliphatic rings. The Hall–Kier alpha value is -3.03. The van der Waals surface area contributed by atoms with Crippen molar-refractivity contribution in [1.29, 1.82) is 0 Å². The van der Waals surface area contributed by atoms with Gasteiger partial charge in [0.1, 0.15) is 11.4 Å². The van der Waals surface area contributed by atoms with Crippen LogP contribution in [0, 0.1) is 0 Å². The number of piperidine rings is 1. The van der Waals surface area contributed by atoms with Crippen molar-refractivity contribution in [1.82, 2.24) is 15.9 Å². The van der Waals surface area contributed by atoms with Crippen molar-refractivity contribution in [2.24, 2.45) is 0 Å². The number of hydroxylamine groups is 3. The van der Waals surface area contributed by atoms with Gasteiger partial charge >= 0.3 is 6.09 Å². The quantitative estimate of drug-likeness (QED) is 0.810. The van der Waals surface area contributed by atoms with Gasteiger partial charge in [0.05, 0.1) is 12.8 Å². The molecule has 1 spiro atoms. The third-order valence-corrected chi connectivity index (χ3v) is 5.21. The van der Waals surface area contributed by atoms with E-state index in [9.17, 15) is 4.79 Å². The molecular formula is C22H25N3O4. The van der Waals surface area contributed by atoms with E-state index in [4.69, 9.17) is 14.4 Å². The molecule has 0 atom stereocenters. The minimum Gasteiger partial charge on any atom is -0.497 e. The predicted molar refractivity (Wildman–Crippen MR) is 108 cm³/mol. The molecule has 7 nitrogen and oxygen atoms in total. The fourth-order valence-corrected chi connectivity index (χ4v) is 3.53. The van der Waals surface area contributed by atoms with Crippen LogP contribution in [0.2, 0.25) is 0 Å². The van der Waals surface area contributed by atoms with Crippen molar-refractivity contribution in [3.63, 3.8) is 0 Å². The molecule has 1 fully saturated rings. The van der Waals surface area contributed by atoms with Crippen molar-refractivity contribution in [2.75, 3.05) is 20.2 Å². The lowest BCUT2D eigenvalue weighted by molar-refractivity contribution is -0.156. The number of amides is 1. The van der Waals surface area contributed by atoms with E-state index in [1.165, 1.54) is 0 Å². The summed E-state index contributed by atoms with van der Waals surface area (Å²) >= 11 is 0. The molecule has 7 heteroatoms. The maximum absolute atomic E-state index is 12.1. The van der Waals surface area contributed by atoms with Crippen LogP contribution in [0.1, 0.15) is 24.0 Å². The van der Waals surface area contributed by atoms with Gasteiger partial charge in [-0.2, -0.15) is 0 Å². The van der Waals surface area contributed by atoms with E-state index in [2.05, 4.69) is 16.9 Å². The molecule has 2 aromatic carbocycles. The Bertz CT molecular complexity index is 877. The number of benzene rings is 2. The maximum atomic E-state index is 12.1. The molecule has 0 bridgehead atoms. The van der Waals surface area contributed by atoms with E-state index in [0.29, 0.717) is 19.6 Å². The topological polar surface area (TPSA) is 72.1 Å². The molecule has 0 aliphatic carbocycles. The van der Waals surface area contributed by atoms with Crippen molar-refractivity contribution in [2.45, 2.75) is 25.0 Å². The summed E-state index contributed by atoms with van der Waals surface area (Å²) in [5.41, 5.74) is 5.63. The lowest BCUT2D eigenvalue weighted by atomic mass is 9.91. The monoisotopic (exact) mass is 395 g/mol. The Morgan fingerprint density at radius 3 is 2.72 bits per heavy atom. The van der Waals surface area contributed by atoms with Crippen molar-refractivity contribution >= 4 is 11.8 Å². The van der Waals surface area contributed by atoms with E-state index in [-0.39, 0.29) is 0 Å². The molecule has 0 radical (unpaired) electrons. The Labute approximate surface area is 170 Å². The van der Waals surface area contributed by atoms with Crippen LogP contribution in [0.5, 0.6) is 5.75 Å². The maximum Gasteiger partial charge on any atom is 0.426 e. The largest absolute Gasteiger partial charge is 0.497 e. The van der Waals surface area contributed by atoms with Crippen LogP contribution in [0.3, 0.4) is 0 Å². The Morgan fingerprint density at radius 2 is 1.97 bits per heavy atom. The first-order chi connectivity index (χ1) is 14.2. The van der Waals surface area contributed by atoms with Crippen molar-refractivity contribution in [3.05, 3.63) is 71.8 Å². The molecule has 0 aromatic heterocycles. The van der Waals surface area contributed by atoms with Gasteiger partial charge in [0, 0.05) is 25.2 Å². The molecule has 2 aromatic rings. The molecule has 0 unspecified atom stereocenters. The molecule has 29 heavy (non-hydrogen) atoms. The SMILES string of the molecule is COc1cccc(C2=CC3(CCN(OC(=O)NCc4ccccc4)CC3)ON2)c1. The number of methoxy groups -OCH3 is 1. The first-order valence-corrected chi connectivity index (χ1v) is 9.72. The zero-order valence-corrected chi connectivity index (χ0v) is 16.4. The fourth-order valence-electron chi connectivity index (χ4n) is 3.53. The third kappa shape index (κ3) is 4.70. The van der Waals surface area contributed by atoms with Gasteiger partial charge in [-0.1, -0.05) is 42.5 Å². The number of hydrogen-bond acceptors (Lipinski definition) is 6. The third-order valence-electron chi connectivity index (χ3n) is 5.21. The molecule has 2 aliphatic heterocycles. The number of nitrogens with one attached hydrogen (secondary N) is 2. The number of ether oxygens (including phenoxy) is 1. The highest BCUT2D eigenvalue weighted by Crippen LogP contribution is 2.35. The van der Waals surface area contributed by atoms with Crippen LogP contribution in [0.25, 0.3) is 5.70 Å². The van der Waals surface area contributed by atoms with Gasteiger partial charge in [0.15, 0.2) is 0 Å². The molecule has 2 heterocycles. The standard InChI is InChI=1S/C22H25N3O4/c1-27-19-9-5-8-18(14-19)20-15-22(29-24-20)10-12-25(13-11-22)28-21(26)23-16-17-6-3-2-4-7-17/h2-9,14-15,24H,10-13,16H2,1H3,(H,23,26). The predicted octanol–water partition coefficient (Wildman–Crippen LogP) is 3.25. The average Bonchev–Trinajstić information content (AvgIpc) is 3.19. The summed E-state index contributed by atoms with van der Waals surface area (Å²) in [4.78, 5) is 23.4. The summed E-state index contributed by atoms with van der Waals surface area (Å²) < 4.78 is 5.29. The number of rotatable bonds is 5. The van der Waals surface area contributed by atoms with Gasteiger partial charge in [-0.05, 0) is 36.6 Å². The van der Waals surface area contributed by atoms with Gasteiger partial charge in [-0.3, -0.25) is 10.3 Å². The van der Waals surface area contributed by atoms with Gasteiger partial charge in [-0.25, -0.2) is 4.79 Å². The fraction of sp³-hybridized carbons (Fsp3) is 0.318. The van der Waals surface area contributed by atoms with Crippen LogP contribution < -0.4 is 15.5 Å². The zero-order chi connectivity index (χ0) is 20.1. The number of carbonyl (C=O) groups is 1. The minimum atomic E-state index is -0.442. The smallest absolute Gasteiger partial charge is 0.426 e. The average molecular weight is 395 g/mol. The van der Waals surface area contributed by atoms with Gasteiger partial charge in [-0.15, -0.1) is 5.06 Å². The van der Waals surface area contributed by atoms with Gasteiger partial charge in [0.2, 0.25) is 0 Å². The lowest BCUT2D eigenvalue weighted by Crippen LogP contribution is -2.46. The number of nitrogens with zero attached hydrogens (tertiary/aromatic N) is 1. The Balaban J connectivity index is 1.29. The van der Waals surface area contributed by atoms with Crippen LogP contribution in [0.15, 0.2) is 60.7 Å². The number of carbonyl (C=O) groups excluding carboxylic acids is 1. The van der Waals surface area contributed by atoms with Crippen LogP contribution in [-0.2, 0) is 16.2 Å². The second kappa shape index (κ2) is 8.55. The first kappa shape index (κ1) is 19.3. The van der Waals surface area contributed by atoms with Crippen molar-refractivity contribution in [3.8, 4) is 5.75 Å². The summed E-state index contributed by atoms with van der Waals surface area (Å²) in [6.45, 7) is 1.64. The molecule has 2 N–H and O–H groups in total. The second-order valence-corrected chi connectivity index (χ2v) is 7.21.